The maximum absolute atomic E-state index is 12.3. The van der Waals surface area contributed by atoms with Crippen molar-refractivity contribution in [2.75, 3.05) is 17.8 Å². The highest BCUT2D eigenvalue weighted by Crippen LogP contribution is 2.20. The summed E-state index contributed by atoms with van der Waals surface area (Å²) in [7, 11) is -3.67. The van der Waals surface area contributed by atoms with E-state index >= 15 is 0 Å². The van der Waals surface area contributed by atoms with Gasteiger partial charge in [-0.3, -0.25) is 9.52 Å². The summed E-state index contributed by atoms with van der Waals surface area (Å²) in [4.78, 5) is 16.3. The molecule has 2 rings (SSSR count). The first-order chi connectivity index (χ1) is 12.5. The van der Waals surface area contributed by atoms with Crippen LogP contribution in [-0.4, -0.2) is 32.4 Å². The number of thiazole rings is 1. The van der Waals surface area contributed by atoms with E-state index in [1.807, 2.05) is 0 Å². The van der Waals surface area contributed by atoms with E-state index in [1.165, 1.54) is 12.1 Å². The van der Waals surface area contributed by atoms with Crippen LogP contribution in [0.25, 0.3) is 0 Å². The molecule has 0 spiro atoms. The highest BCUT2D eigenvalue weighted by Gasteiger charge is 2.16. The first-order valence-electron chi connectivity index (χ1n) is 8.50. The highest BCUT2D eigenvalue weighted by molar-refractivity contribution is 7.93. The molecule has 26 heavy (non-hydrogen) atoms. The minimum atomic E-state index is -3.67. The molecular weight excluding hydrogens is 372 g/mol. The third-order valence-corrected chi connectivity index (χ3v) is 5.91. The first-order valence-corrected chi connectivity index (χ1v) is 10.9. The van der Waals surface area contributed by atoms with E-state index in [0.717, 1.165) is 37.0 Å². The molecule has 1 heterocycles. The Kier molecular flexibility index (Phi) is 8.02. The molecule has 142 valence electrons. The van der Waals surface area contributed by atoms with Gasteiger partial charge in [0.15, 0.2) is 5.13 Å². The molecule has 0 aliphatic rings. The average Bonchev–Trinajstić information content (AvgIpc) is 3.05. The van der Waals surface area contributed by atoms with Gasteiger partial charge in [-0.05, 0) is 31.5 Å². The van der Waals surface area contributed by atoms with Gasteiger partial charge in [0.1, 0.15) is 0 Å². The fourth-order valence-electron chi connectivity index (χ4n) is 2.29. The Bertz CT molecular complexity index is 791. The number of hydrogen-bond acceptors (Lipinski definition) is 6. The highest BCUT2D eigenvalue weighted by atomic mass is 32.2. The van der Waals surface area contributed by atoms with E-state index in [1.54, 1.807) is 23.6 Å². The largest absolute Gasteiger partial charge is 0.356 e. The van der Waals surface area contributed by atoms with E-state index in [0.29, 0.717) is 18.8 Å². The van der Waals surface area contributed by atoms with Gasteiger partial charge in [0, 0.05) is 11.9 Å². The average molecular weight is 397 g/mol. The van der Waals surface area contributed by atoms with E-state index < -0.39 is 10.0 Å². The lowest BCUT2D eigenvalue weighted by molar-refractivity contribution is -0.120. The van der Waals surface area contributed by atoms with Crippen molar-refractivity contribution in [1.29, 1.82) is 0 Å². The third-order valence-electron chi connectivity index (χ3n) is 3.62. The molecule has 0 aliphatic carbocycles. The number of anilines is 1. The van der Waals surface area contributed by atoms with Crippen LogP contribution in [0.2, 0.25) is 0 Å². The van der Waals surface area contributed by atoms with Crippen molar-refractivity contribution >= 4 is 32.4 Å². The zero-order valence-corrected chi connectivity index (χ0v) is 16.1. The van der Waals surface area contributed by atoms with Crippen LogP contribution in [0, 0.1) is 0 Å². The van der Waals surface area contributed by atoms with Crippen LogP contribution >= 0.6 is 11.3 Å². The molecule has 0 unspecified atom stereocenters. The van der Waals surface area contributed by atoms with Gasteiger partial charge in [0.25, 0.3) is 10.0 Å². The number of nitrogens with zero attached hydrogens (tertiary/aromatic N) is 1. The van der Waals surface area contributed by atoms with Crippen molar-refractivity contribution in [2.45, 2.75) is 37.0 Å². The van der Waals surface area contributed by atoms with E-state index in [4.69, 9.17) is 5.73 Å². The van der Waals surface area contributed by atoms with Crippen LogP contribution in [-0.2, 0) is 21.2 Å². The molecule has 0 saturated carbocycles. The lowest BCUT2D eigenvalue weighted by atomic mass is 10.2. The molecule has 0 fully saturated rings. The predicted molar refractivity (Wildman–Crippen MR) is 104 cm³/mol. The second-order valence-corrected chi connectivity index (χ2v) is 8.33. The van der Waals surface area contributed by atoms with Gasteiger partial charge in [-0.25, -0.2) is 13.4 Å². The molecule has 0 aliphatic heterocycles. The Labute approximate surface area is 158 Å². The summed E-state index contributed by atoms with van der Waals surface area (Å²) in [6.45, 7) is 1.33. The monoisotopic (exact) mass is 396 g/mol. The number of amides is 1. The fourth-order valence-corrected chi connectivity index (χ4v) is 4.27. The molecule has 1 aromatic carbocycles. The Hall–Kier alpha value is -1.97. The smallest absolute Gasteiger partial charge is 0.263 e. The van der Waals surface area contributed by atoms with Crippen LogP contribution < -0.4 is 15.8 Å². The zero-order valence-electron chi connectivity index (χ0n) is 14.5. The third kappa shape index (κ3) is 6.74. The number of unbranched alkanes of at least 4 members (excludes halogenated alkanes) is 3. The van der Waals surface area contributed by atoms with Crippen molar-refractivity contribution in [2.24, 2.45) is 5.73 Å². The predicted octanol–water partition coefficient (Wildman–Crippen LogP) is 2.12. The Balaban J connectivity index is 1.79. The van der Waals surface area contributed by atoms with Crippen molar-refractivity contribution < 1.29 is 13.2 Å². The Morgan fingerprint density at radius 1 is 1.12 bits per heavy atom. The number of hydrogen-bond donors (Lipinski definition) is 3. The summed E-state index contributed by atoms with van der Waals surface area (Å²) < 4.78 is 26.9. The molecular formula is C17H24N4O3S2. The Morgan fingerprint density at radius 2 is 1.85 bits per heavy atom. The summed E-state index contributed by atoms with van der Waals surface area (Å²) in [5.41, 5.74) is 5.98. The molecule has 2 aromatic rings. The number of aromatic nitrogens is 1. The van der Waals surface area contributed by atoms with Crippen LogP contribution in [0.15, 0.2) is 40.6 Å². The fraction of sp³-hybridized carbons (Fsp3) is 0.412. The van der Waals surface area contributed by atoms with E-state index in [2.05, 4.69) is 15.0 Å². The normalized spacial score (nSPS) is 11.3. The first kappa shape index (κ1) is 20.3. The van der Waals surface area contributed by atoms with Gasteiger partial charge in [-0.1, -0.05) is 31.0 Å². The maximum Gasteiger partial charge on any atom is 0.263 e. The van der Waals surface area contributed by atoms with Crippen molar-refractivity contribution in [3.63, 3.8) is 0 Å². The molecule has 0 radical (unpaired) electrons. The second kappa shape index (κ2) is 10.2. The van der Waals surface area contributed by atoms with Crippen molar-refractivity contribution in [3.05, 3.63) is 41.4 Å². The van der Waals surface area contributed by atoms with E-state index in [9.17, 15) is 13.2 Å². The topological polar surface area (TPSA) is 114 Å². The number of benzene rings is 1. The SMILES string of the molecule is NCCCCCCNC(=O)Cc1csc(NS(=O)(=O)c2ccccc2)n1. The van der Waals surface area contributed by atoms with Crippen molar-refractivity contribution in [1.82, 2.24) is 10.3 Å². The molecule has 4 N–H and O–H groups in total. The number of rotatable bonds is 11. The summed E-state index contributed by atoms with van der Waals surface area (Å²) in [6, 6.07) is 8.08. The van der Waals surface area contributed by atoms with Gasteiger partial charge >= 0.3 is 0 Å². The lowest BCUT2D eigenvalue weighted by Crippen LogP contribution is -2.26. The van der Waals surface area contributed by atoms with Crippen molar-refractivity contribution in [3.8, 4) is 0 Å². The second-order valence-electron chi connectivity index (χ2n) is 5.79. The summed E-state index contributed by atoms with van der Waals surface area (Å²) >= 11 is 1.16. The Morgan fingerprint density at radius 3 is 2.58 bits per heavy atom. The number of nitrogens with one attached hydrogen (secondary N) is 2. The van der Waals surface area contributed by atoms with Gasteiger partial charge in [-0.15, -0.1) is 11.3 Å². The van der Waals surface area contributed by atoms with Gasteiger partial charge < -0.3 is 11.1 Å². The minimum absolute atomic E-state index is 0.119. The number of sulfonamides is 1. The standard InChI is InChI=1S/C17H24N4O3S2/c18-10-6-1-2-7-11-19-16(22)12-14-13-25-17(20-14)21-26(23,24)15-8-4-3-5-9-15/h3-5,8-9,13H,1-2,6-7,10-12,18H2,(H,19,22)(H,20,21). The van der Waals surface area contributed by atoms with Gasteiger partial charge in [0.05, 0.1) is 17.0 Å². The molecule has 1 aromatic heterocycles. The van der Waals surface area contributed by atoms with Gasteiger partial charge in [-0.2, -0.15) is 0 Å². The van der Waals surface area contributed by atoms with E-state index in [-0.39, 0.29) is 22.4 Å². The molecule has 0 atom stereocenters. The summed E-state index contributed by atoms with van der Waals surface area (Å²) in [5.74, 6) is -0.119. The number of nitrogens with two attached hydrogens (primary N) is 1. The molecule has 7 nitrogen and oxygen atoms in total. The van der Waals surface area contributed by atoms with Crippen LogP contribution in [0.3, 0.4) is 0 Å². The van der Waals surface area contributed by atoms with Crippen LogP contribution in [0.4, 0.5) is 5.13 Å². The summed E-state index contributed by atoms with van der Waals surface area (Å²) in [5, 5.41) is 4.78. The molecule has 1 amide bonds. The number of carbonyl (C=O) groups excluding carboxylic acids is 1. The minimum Gasteiger partial charge on any atom is -0.356 e. The molecule has 0 bridgehead atoms. The van der Waals surface area contributed by atoms with Crippen LogP contribution in [0.5, 0.6) is 0 Å². The molecule has 0 saturated heterocycles. The molecule has 9 heteroatoms. The maximum atomic E-state index is 12.3. The lowest BCUT2D eigenvalue weighted by Gasteiger charge is -2.05. The summed E-state index contributed by atoms with van der Waals surface area (Å²) in [6.07, 6.45) is 4.18. The van der Waals surface area contributed by atoms with Crippen LogP contribution in [0.1, 0.15) is 31.4 Å². The number of carbonyl (C=O) groups is 1. The van der Waals surface area contributed by atoms with Gasteiger partial charge in [0.2, 0.25) is 5.91 Å². The quantitative estimate of drug-likeness (QED) is 0.503. The zero-order chi connectivity index (χ0) is 18.8.